The first-order valence-corrected chi connectivity index (χ1v) is 6.79. The van der Waals surface area contributed by atoms with Crippen LogP contribution in [0.25, 0.3) is 0 Å². The number of halogens is 2. The summed E-state index contributed by atoms with van der Waals surface area (Å²) >= 11 is 7.96. The van der Waals surface area contributed by atoms with Gasteiger partial charge in [0, 0.05) is 16.3 Å². The van der Waals surface area contributed by atoms with Crippen LogP contribution in [-0.4, -0.2) is 17.0 Å². The lowest BCUT2D eigenvalue weighted by Crippen LogP contribution is -2.34. The summed E-state index contributed by atoms with van der Waals surface area (Å²) in [5.74, 6) is 0.880. The SMILES string of the molecule is NCC1(Cc2ccc(F)cc2Cl)CCCS1. The molecular weight excluding hydrogens is 245 g/mol. The summed E-state index contributed by atoms with van der Waals surface area (Å²) in [5, 5.41) is 0.514. The molecule has 16 heavy (non-hydrogen) atoms. The van der Waals surface area contributed by atoms with E-state index in [1.54, 1.807) is 6.07 Å². The lowest BCUT2D eigenvalue weighted by molar-refractivity contribution is 0.563. The van der Waals surface area contributed by atoms with Crippen LogP contribution >= 0.6 is 23.4 Å². The first-order chi connectivity index (χ1) is 7.65. The van der Waals surface area contributed by atoms with Crippen molar-refractivity contribution < 1.29 is 4.39 Å². The summed E-state index contributed by atoms with van der Waals surface area (Å²) in [6.07, 6.45) is 3.18. The molecular formula is C12H15ClFNS. The zero-order valence-corrected chi connectivity index (χ0v) is 10.6. The summed E-state index contributed by atoms with van der Waals surface area (Å²) in [7, 11) is 0. The second kappa shape index (κ2) is 4.94. The molecule has 1 atom stereocenters. The number of thioether (sulfide) groups is 1. The normalized spacial score (nSPS) is 24.9. The number of hydrogen-bond acceptors (Lipinski definition) is 2. The van der Waals surface area contributed by atoms with Crippen LogP contribution in [0.1, 0.15) is 18.4 Å². The van der Waals surface area contributed by atoms with Gasteiger partial charge >= 0.3 is 0 Å². The molecule has 1 heterocycles. The van der Waals surface area contributed by atoms with E-state index in [9.17, 15) is 4.39 Å². The Balaban J connectivity index is 2.19. The molecule has 1 unspecified atom stereocenters. The molecule has 0 radical (unpaired) electrons. The smallest absolute Gasteiger partial charge is 0.124 e. The van der Waals surface area contributed by atoms with Gasteiger partial charge < -0.3 is 5.73 Å². The maximum absolute atomic E-state index is 12.9. The molecule has 1 aromatic rings. The Labute approximate surface area is 105 Å². The molecule has 0 bridgehead atoms. The van der Waals surface area contributed by atoms with E-state index in [1.807, 2.05) is 11.8 Å². The molecule has 1 fully saturated rings. The van der Waals surface area contributed by atoms with Crippen LogP contribution in [0.2, 0.25) is 5.02 Å². The zero-order valence-electron chi connectivity index (χ0n) is 9.01. The third-order valence-corrected chi connectivity index (χ3v) is 5.06. The van der Waals surface area contributed by atoms with Crippen LogP contribution in [0, 0.1) is 5.82 Å². The minimum absolute atomic E-state index is 0.113. The number of nitrogens with two attached hydrogens (primary N) is 1. The van der Waals surface area contributed by atoms with Gasteiger partial charge in [0.15, 0.2) is 0 Å². The molecule has 88 valence electrons. The van der Waals surface area contributed by atoms with Crippen molar-refractivity contribution in [2.45, 2.75) is 24.0 Å². The Morgan fingerprint density at radius 3 is 2.88 bits per heavy atom. The monoisotopic (exact) mass is 259 g/mol. The fourth-order valence-corrected chi connectivity index (χ4v) is 3.76. The quantitative estimate of drug-likeness (QED) is 0.902. The summed E-state index contributed by atoms with van der Waals surface area (Å²) in [5.41, 5.74) is 6.86. The highest BCUT2D eigenvalue weighted by Crippen LogP contribution is 2.41. The Bertz CT molecular complexity index is 377. The molecule has 1 saturated heterocycles. The fourth-order valence-electron chi connectivity index (χ4n) is 2.14. The van der Waals surface area contributed by atoms with Crippen molar-refractivity contribution in [1.82, 2.24) is 0 Å². The van der Waals surface area contributed by atoms with Gasteiger partial charge in [-0.05, 0) is 42.7 Å². The molecule has 1 nitrogen and oxygen atoms in total. The molecule has 1 aliphatic heterocycles. The molecule has 0 aliphatic carbocycles. The first-order valence-electron chi connectivity index (χ1n) is 5.43. The first kappa shape index (κ1) is 12.2. The molecule has 4 heteroatoms. The second-order valence-electron chi connectivity index (χ2n) is 4.25. The van der Waals surface area contributed by atoms with Crippen LogP contribution < -0.4 is 5.73 Å². The largest absolute Gasteiger partial charge is 0.329 e. The summed E-state index contributed by atoms with van der Waals surface area (Å²) in [4.78, 5) is 0. The van der Waals surface area contributed by atoms with Gasteiger partial charge in [0.25, 0.3) is 0 Å². The van der Waals surface area contributed by atoms with Gasteiger partial charge in [-0.2, -0.15) is 11.8 Å². The Morgan fingerprint density at radius 2 is 2.31 bits per heavy atom. The van der Waals surface area contributed by atoms with Gasteiger partial charge in [-0.15, -0.1) is 0 Å². The summed E-state index contributed by atoms with van der Waals surface area (Å²) < 4.78 is 13.0. The van der Waals surface area contributed by atoms with Crippen molar-refractivity contribution >= 4 is 23.4 Å². The third-order valence-electron chi connectivity index (χ3n) is 3.08. The molecule has 0 spiro atoms. The molecule has 1 aromatic carbocycles. The van der Waals surface area contributed by atoms with Crippen molar-refractivity contribution in [1.29, 1.82) is 0 Å². The summed E-state index contributed by atoms with van der Waals surface area (Å²) in [6.45, 7) is 0.658. The predicted molar refractivity (Wildman–Crippen MR) is 68.6 cm³/mol. The van der Waals surface area contributed by atoms with Gasteiger partial charge in [0.05, 0.1) is 0 Å². The highest BCUT2D eigenvalue weighted by molar-refractivity contribution is 8.00. The van der Waals surface area contributed by atoms with E-state index in [0.29, 0.717) is 11.6 Å². The topological polar surface area (TPSA) is 26.0 Å². The number of benzene rings is 1. The molecule has 2 rings (SSSR count). The highest BCUT2D eigenvalue weighted by atomic mass is 35.5. The average molecular weight is 260 g/mol. The van der Waals surface area contributed by atoms with Crippen molar-refractivity contribution in [3.63, 3.8) is 0 Å². The van der Waals surface area contributed by atoms with E-state index < -0.39 is 0 Å². The lowest BCUT2D eigenvalue weighted by atomic mass is 9.94. The van der Waals surface area contributed by atoms with Crippen molar-refractivity contribution in [3.05, 3.63) is 34.6 Å². The number of hydrogen-bond donors (Lipinski definition) is 1. The molecule has 1 aliphatic rings. The minimum atomic E-state index is -0.283. The number of rotatable bonds is 3. The van der Waals surface area contributed by atoms with Crippen LogP contribution in [0.4, 0.5) is 4.39 Å². The van der Waals surface area contributed by atoms with Crippen LogP contribution in [-0.2, 0) is 6.42 Å². The van der Waals surface area contributed by atoms with Crippen molar-refractivity contribution in [2.24, 2.45) is 5.73 Å². The molecule has 0 saturated carbocycles. The Kier molecular flexibility index (Phi) is 3.77. The highest BCUT2D eigenvalue weighted by Gasteiger charge is 2.33. The van der Waals surface area contributed by atoms with Gasteiger partial charge in [0.1, 0.15) is 5.82 Å². The molecule has 0 aromatic heterocycles. The van der Waals surface area contributed by atoms with Crippen molar-refractivity contribution in [3.8, 4) is 0 Å². The van der Waals surface area contributed by atoms with Gasteiger partial charge in [-0.3, -0.25) is 0 Å². The lowest BCUT2D eigenvalue weighted by Gasteiger charge is -2.26. The Hall–Kier alpha value is -0.250. The Morgan fingerprint density at radius 1 is 1.50 bits per heavy atom. The van der Waals surface area contributed by atoms with E-state index >= 15 is 0 Å². The van der Waals surface area contributed by atoms with E-state index in [-0.39, 0.29) is 10.6 Å². The van der Waals surface area contributed by atoms with E-state index in [1.165, 1.54) is 18.6 Å². The van der Waals surface area contributed by atoms with Crippen LogP contribution in [0.3, 0.4) is 0 Å². The average Bonchev–Trinajstić information content (AvgIpc) is 2.72. The van der Waals surface area contributed by atoms with Gasteiger partial charge in [-0.1, -0.05) is 17.7 Å². The molecule has 2 N–H and O–H groups in total. The minimum Gasteiger partial charge on any atom is -0.329 e. The molecule has 0 amide bonds. The summed E-state index contributed by atoms with van der Waals surface area (Å²) in [6, 6.07) is 4.61. The van der Waals surface area contributed by atoms with Gasteiger partial charge in [-0.25, -0.2) is 4.39 Å². The van der Waals surface area contributed by atoms with E-state index in [4.69, 9.17) is 17.3 Å². The third kappa shape index (κ3) is 2.53. The van der Waals surface area contributed by atoms with Crippen LogP contribution in [0.15, 0.2) is 18.2 Å². The van der Waals surface area contributed by atoms with E-state index in [0.717, 1.165) is 24.2 Å². The van der Waals surface area contributed by atoms with Gasteiger partial charge in [0.2, 0.25) is 0 Å². The van der Waals surface area contributed by atoms with Crippen molar-refractivity contribution in [2.75, 3.05) is 12.3 Å². The second-order valence-corrected chi connectivity index (χ2v) is 6.22. The maximum Gasteiger partial charge on any atom is 0.124 e. The fraction of sp³-hybridized carbons (Fsp3) is 0.500. The zero-order chi connectivity index (χ0) is 11.6. The predicted octanol–water partition coefficient (Wildman–Crippen LogP) is 3.25. The maximum atomic E-state index is 12.9. The standard InChI is InChI=1S/C12H15ClFNS/c13-11-6-10(14)3-2-9(11)7-12(8-15)4-1-5-16-12/h2-3,6H,1,4-5,7-8,15H2. The van der Waals surface area contributed by atoms with Crippen LogP contribution in [0.5, 0.6) is 0 Å². The van der Waals surface area contributed by atoms with E-state index in [2.05, 4.69) is 0 Å².